The number of ether oxygens (including phenoxy) is 1. The molecule has 3 amide bonds. The molecule has 2 fully saturated rings. The van der Waals surface area contributed by atoms with E-state index in [1.807, 2.05) is 48.9 Å². The van der Waals surface area contributed by atoms with Crippen LogP contribution in [0, 0.1) is 17.5 Å². The van der Waals surface area contributed by atoms with Crippen molar-refractivity contribution in [3.8, 4) is 5.75 Å². The molecule has 8 rings (SSSR count). The summed E-state index contributed by atoms with van der Waals surface area (Å²) in [5.74, 6) is -5.17. The summed E-state index contributed by atoms with van der Waals surface area (Å²) in [5.41, 5.74) is -0.994. The number of nitrogens with one attached hydrogen (secondary N) is 1. The minimum Gasteiger partial charge on any atom is -0.483 e. The molecule has 5 aromatic rings. The maximum Gasteiger partial charge on any atom is 0.274 e. The molecule has 3 aliphatic rings. The molecule has 15 heteroatoms. The van der Waals surface area contributed by atoms with Gasteiger partial charge in [0, 0.05) is 50.1 Å². The molecule has 0 aliphatic carbocycles. The van der Waals surface area contributed by atoms with Crippen LogP contribution in [0.5, 0.6) is 5.75 Å². The van der Waals surface area contributed by atoms with Crippen LogP contribution in [0.4, 0.5) is 13.2 Å². The molecule has 0 radical (unpaired) electrons. The normalized spacial score (nSPS) is 20.8. The van der Waals surface area contributed by atoms with Crippen LogP contribution >= 0.6 is 0 Å². The van der Waals surface area contributed by atoms with E-state index < -0.39 is 69.8 Å². The highest BCUT2D eigenvalue weighted by Crippen LogP contribution is 2.47. The SMILES string of the molecule is C[C@H]1CC[C@]2(CC(=O)N(Cc3nc4ccccc4n3C)O2)[C@H]2CN1C(=O)c1c(OCc3ccccc3)c(=O)c(C(=O)NCc3c(F)cc(F)cc3F)cn12. The van der Waals surface area contributed by atoms with E-state index in [4.69, 9.17) is 14.6 Å². The number of imidazole rings is 1. The second-order valence-electron chi connectivity index (χ2n) is 14.0. The number of benzene rings is 3. The Balaban J connectivity index is 1.20. The molecule has 278 valence electrons. The van der Waals surface area contributed by atoms with Crippen LogP contribution < -0.4 is 15.5 Å². The van der Waals surface area contributed by atoms with Crippen LogP contribution in [-0.2, 0) is 36.4 Å². The number of hydrogen-bond acceptors (Lipinski definition) is 7. The minimum absolute atomic E-state index is 0.0449. The van der Waals surface area contributed by atoms with Gasteiger partial charge in [-0.05, 0) is 37.5 Å². The maximum absolute atomic E-state index is 14.5. The summed E-state index contributed by atoms with van der Waals surface area (Å²) < 4.78 is 52.0. The average Bonchev–Trinajstić information content (AvgIpc) is 3.60. The fourth-order valence-electron chi connectivity index (χ4n) is 7.71. The van der Waals surface area contributed by atoms with Crippen LogP contribution in [0.15, 0.2) is 77.7 Å². The molecule has 3 aliphatic heterocycles. The van der Waals surface area contributed by atoms with Gasteiger partial charge in [0.05, 0.1) is 23.5 Å². The zero-order valence-electron chi connectivity index (χ0n) is 29.4. The Hall–Kier alpha value is -5.96. The van der Waals surface area contributed by atoms with Crippen molar-refractivity contribution in [3.05, 3.63) is 129 Å². The van der Waals surface area contributed by atoms with Crippen LogP contribution in [-0.4, -0.2) is 60.0 Å². The first-order valence-corrected chi connectivity index (χ1v) is 17.5. The lowest BCUT2D eigenvalue weighted by atomic mass is 9.85. The molecule has 1 spiro atoms. The first-order chi connectivity index (χ1) is 25.9. The van der Waals surface area contributed by atoms with E-state index in [-0.39, 0.29) is 43.8 Å². The molecule has 5 heterocycles. The van der Waals surface area contributed by atoms with Gasteiger partial charge in [0.25, 0.3) is 11.8 Å². The lowest BCUT2D eigenvalue weighted by Gasteiger charge is -2.42. The Morgan fingerprint density at radius 2 is 1.76 bits per heavy atom. The molecule has 3 atom stereocenters. The number of pyridine rings is 1. The maximum atomic E-state index is 14.5. The lowest BCUT2D eigenvalue weighted by molar-refractivity contribution is -0.218. The zero-order chi connectivity index (χ0) is 37.9. The predicted molar refractivity (Wildman–Crippen MR) is 187 cm³/mol. The van der Waals surface area contributed by atoms with Gasteiger partial charge in [-0.25, -0.2) is 23.2 Å². The van der Waals surface area contributed by atoms with Crippen molar-refractivity contribution < 1.29 is 37.1 Å². The number of hydroxylamine groups is 2. The monoisotopic (exact) mass is 740 g/mol. The number of carbonyl (C=O) groups excluding carboxylic acids is 3. The van der Waals surface area contributed by atoms with Crippen molar-refractivity contribution in [1.82, 2.24) is 29.4 Å². The van der Waals surface area contributed by atoms with Crippen LogP contribution in [0.1, 0.15) is 70.0 Å². The highest BCUT2D eigenvalue weighted by molar-refractivity contribution is 5.99. The Bertz CT molecular complexity index is 2380. The zero-order valence-corrected chi connectivity index (χ0v) is 29.4. The Morgan fingerprint density at radius 3 is 2.50 bits per heavy atom. The van der Waals surface area contributed by atoms with Crippen LogP contribution in [0.25, 0.3) is 11.0 Å². The minimum atomic E-state index is -1.21. The largest absolute Gasteiger partial charge is 0.483 e. The number of para-hydroxylation sites is 2. The van der Waals surface area contributed by atoms with E-state index in [2.05, 4.69) is 5.32 Å². The Kier molecular flexibility index (Phi) is 8.75. The first kappa shape index (κ1) is 35.1. The van der Waals surface area contributed by atoms with Gasteiger partial charge in [-0.15, -0.1) is 0 Å². The number of aryl methyl sites for hydroxylation is 1. The molecule has 2 bridgehead atoms. The van der Waals surface area contributed by atoms with E-state index >= 15 is 0 Å². The van der Waals surface area contributed by atoms with Crippen LogP contribution in [0.3, 0.4) is 0 Å². The van der Waals surface area contributed by atoms with E-state index in [0.717, 1.165) is 11.0 Å². The Morgan fingerprint density at radius 1 is 1.04 bits per heavy atom. The van der Waals surface area contributed by atoms with E-state index in [9.17, 15) is 32.3 Å². The number of hydrogen-bond donors (Lipinski definition) is 1. The first-order valence-electron chi connectivity index (χ1n) is 17.5. The third-order valence-electron chi connectivity index (χ3n) is 10.7. The highest BCUT2D eigenvalue weighted by atomic mass is 19.1. The quantitative estimate of drug-likeness (QED) is 0.239. The summed E-state index contributed by atoms with van der Waals surface area (Å²) in [5, 5.41) is 3.65. The van der Waals surface area contributed by atoms with Crippen molar-refractivity contribution in [3.63, 3.8) is 0 Å². The molecule has 54 heavy (non-hydrogen) atoms. The van der Waals surface area contributed by atoms with Crippen molar-refractivity contribution in [1.29, 1.82) is 0 Å². The van der Waals surface area contributed by atoms with E-state index in [0.29, 0.717) is 36.4 Å². The number of amides is 3. The summed E-state index contributed by atoms with van der Waals surface area (Å²) in [6.07, 6.45) is 1.98. The van der Waals surface area contributed by atoms with Gasteiger partial charge in [-0.2, -0.15) is 0 Å². The second-order valence-corrected chi connectivity index (χ2v) is 14.0. The van der Waals surface area contributed by atoms with Gasteiger partial charge in [0.2, 0.25) is 11.3 Å². The summed E-state index contributed by atoms with van der Waals surface area (Å²) >= 11 is 0. The number of fused-ring (bicyclic) bond motifs is 6. The van der Waals surface area contributed by atoms with Crippen molar-refractivity contribution in [2.75, 3.05) is 6.54 Å². The van der Waals surface area contributed by atoms with Crippen LogP contribution in [0.2, 0.25) is 0 Å². The topological polar surface area (TPSA) is 128 Å². The summed E-state index contributed by atoms with van der Waals surface area (Å²) in [6, 6.07) is 16.4. The van der Waals surface area contributed by atoms with Crippen molar-refractivity contribution >= 4 is 28.8 Å². The standard InChI is InChI=1S/C39H35F3N6O6/c1-22-12-13-39(16-33(49)48(54-39)20-32-44-29-10-6-7-11-30(29)45(32)2)31-19-46(22)38(52)34-36(53-21-23-8-4-3-5-9-23)35(50)26(18-47(31)34)37(51)43-17-25-27(41)14-24(40)15-28(25)42/h3-11,14-15,18,22,31H,12-13,16-17,19-21H2,1-2H3,(H,43,51)/t22-,31+,39-/m0/s1. The highest BCUT2D eigenvalue weighted by Gasteiger charge is 2.56. The van der Waals surface area contributed by atoms with E-state index in [1.54, 1.807) is 29.2 Å². The lowest BCUT2D eigenvalue weighted by Crippen LogP contribution is -2.52. The summed E-state index contributed by atoms with van der Waals surface area (Å²) in [6.45, 7) is 1.19. The number of carbonyl (C=O) groups is 3. The smallest absolute Gasteiger partial charge is 0.274 e. The van der Waals surface area contributed by atoms with Crippen molar-refractivity contribution in [2.24, 2.45) is 7.05 Å². The van der Waals surface area contributed by atoms with E-state index in [1.165, 1.54) is 15.8 Å². The molecule has 0 saturated carbocycles. The molecule has 1 N–H and O–H groups in total. The van der Waals surface area contributed by atoms with Gasteiger partial charge in [0.15, 0.2) is 11.4 Å². The molecule has 3 aromatic carbocycles. The summed E-state index contributed by atoms with van der Waals surface area (Å²) in [4.78, 5) is 69.0. The molecule has 12 nitrogen and oxygen atoms in total. The molecule has 0 unspecified atom stereocenters. The van der Waals surface area contributed by atoms with Gasteiger partial charge >= 0.3 is 0 Å². The number of rotatable bonds is 8. The molecular formula is C39H35F3N6O6. The third kappa shape index (κ3) is 5.97. The average molecular weight is 741 g/mol. The third-order valence-corrected chi connectivity index (χ3v) is 10.7. The number of halogens is 3. The van der Waals surface area contributed by atoms with Gasteiger partial charge in [-0.3, -0.25) is 24.0 Å². The molecule has 2 saturated heterocycles. The van der Waals surface area contributed by atoms with Crippen molar-refractivity contribution in [2.45, 2.75) is 63.6 Å². The van der Waals surface area contributed by atoms with Gasteiger partial charge < -0.3 is 24.1 Å². The number of nitrogens with zero attached hydrogens (tertiary/aromatic N) is 5. The molecule has 2 aromatic heterocycles. The fourth-order valence-corrected chi connectivity index (χ4v) is 7.71. The molecular weight excluding hydrogens is 705 g/mol. The predicted octanol–water partition coefficient (Wildman–Crippen LogP) is 4.94. The van der Waals surface area contributed by atoms with Gasteiger partial charge in [-0.1, -0.05) is 42.5 Å². The van der Waals surface area contributed by atoms with Gasteiger partial charge in [0.1, 0.15) is 47.6 Å². The number of aromatic nitrogens is 3. The summed E-state index contributed by atoms with van der Waals surface area (Å²) in [7, 11) is 1.86. The Labute approximate surface area is 306 Å². The second kappa shape index (κ2) is 13.5. The fraction of sp³-hybridized carbons (Fsp3) is 0.308.